The molecule has 0 aromatic rings. The Morgan fingerprint density at radius 3 is 1.04 bits per heavy atom. The van der Waals surface area contributed by atoms with Gasteiger partial charge in [-0.15, -0.1) is 0 Å². The quantitative estimate of drug-likeness (QED) is 0.0286. The number of carbonyl (C=O) groups is 2. The van der Waals surface area contributed by atoms with Gasteiger partial charge in [0.15, 0.2) is 0 Å². The number of nitrogens with zero attached hydrogens (tertiary/aromatic N) is 2. The monoisotopic (exact) mass is 1470 g/mol. The molecule has 548 valence electrons. The molecule has 2 heterocycles. The van der Waals surface area contributed by atoms with Gasteiger partial charge in [0.25, 0.3) is 0 Å². The lowest BCUT2D eigenvalue weighted by molar-refractivity contribution is -0.556. The van der Waals surface area contributed by atoms with Crippen LogP contribution in [0.4, 0.5) is 0 Å². The zero-order chi connectivity index (χ0) is 66.4. The molecular formula is C82H105N3O13P2S2. The van der Waals surface area contributed by atoms with Crippen molar-refractivity contribution in [1.82, 2.24) is 9.80 Å². The highest BCUT2D eigenvalue weighted by atomic mass is 32.5. The van der Waals surface area contributed by atoms with Crippen LogP contribution >= 0.6 is 27.2 Å². The molecule has 29 saturated carbocycles. The van der Waals surface area contributed by atoms with Crippen LogP contribution in [0.25, 0.3) is 0 Å². The minimum absolute atomic E-state index is 0.0168. The first-order valence-corrected chi connectivity index (χ1v) is 48.3. The van der Waals surface area contributed by atoms with Gasteiger partial charge in [0.05, 0.1) is 56.3 Å². The Hall–Kier alpha value is -0.270. The van der Waals surface area contributed by atoms with Crippen molar-refractivity contribution in [2.45, 2.75) is 87.9 Å². The Labute approximate surface area is 608 Å². The molecule has 16 nitrogen and oxygen atoms in total. The predicted octanol–water partition coefficient (Wildman–Crippen LogP) is 6.38. The molecule has 66 atom stereocenters. The number of aliphatic hydroxyl groups excluding tert-OH is 4. The van der Waals surface area contributed by atoms with E-state index in [4.69, 9.17) is 35.6 Å². The molecule has 31 aliphatic rings. The molecule has 102 heavy (non-hydrogen) atoms. The Morgan fingerprint density at radius 2 is 0.686 bits per heavy atom. The summed E-state index contributed by atoms with van der Waals surface area (Å²) in [7, 11) is -4.68. The van der Waals surface area contributed by atoms with E-state index in [1.807, 2.05) is 0 Å². The van der Waals surface area contributed by atoms with Gasteiger partial charge in [-0.05, 0) is 388 Å². The average Bonchev–Trinajstić information content (AvgIpc) is 0.604. The number of phosphoric ester groups is 1. The lowest BCUT2D eigenvalue weighted by Crippen LogP contribution is -2.99. The topological polar surface area (TPSA) is 242 Å². The van der Waals surface area contributed by atoms with E-state index in [1.54, 1.807) is 4.90 Å². The van der Waals surface area contributed by atoms with E-state index in [-0.39, 0.29) is 95.0 Å². The number of carbonyl (C=O) groups excluding carboxylic acids is 2. The molecule has 0 aromatic heterocycles. The van der Waals surface area contributed by atoms with Crippen molar-refractivity contribution >= 4 is 50.8 Å². The van der Waals surface area contributed by atoms with Crippen LogP contribution in [0.2, 0.25) is 0 Å². The smallest absolute Gasteiger partial charge is 0.396 e. The predicted molar refractivity (Wildman–Crippen MR) is 367 cm³/mol. The zero-order valence-electron chi connectivity index (χ0n) is 58.0. The number of aliphatic hydroxyl groups is 4. The number of hydrogen-bond donors (Lipinski definition) is 8. The fraction of sp³-hybridized carbons (Fsp3) is 0.976. The molecule has 29 aliphatic carbocycles. The summed E-state index contributed by atoms with van der Waals surface area (Å²) < 4.78 is 36.8. The molecule has 0 bridgehead atoms. The highest BCUT2D eigenvalue weighted by Crippen LogP contribution is 3.04. The summed E-state index contributed by atoms with van der Waals surface area (Å²) in [5.74, 6) is 59.9. The molecule has 0 aromatic carbocycles. The highest BCUT2D eigenvalue weighted by molar-refractivity contribution is 8.07. The summed E-state index contributed by atoms with van der Waals surface area (Å²) >= 11 is 9.87. The molecule has 0 radical (unpaired) electrons. The Balaban J connectivity index is 0.324. The minimum Gasteiger partial charge on any atom is -0.396 e. The third kappa shape index (κ3) is 5.54. The van der Waals surface area contributed by atoms with E-state index in [0.29, 0.717) is 60.6 Å². The van der Waals surface area contributed by atoms with Crippen LogP contribution < -0.4 is 5.73 Å². The Bertz CT molecular complexity index is 4060. The third-order valence-electron chi connectivity index (χ3n) is 45.9. The number of fused-ring (bicyclic) bond motifs is 82. The molecule has 31 fully saturated rings. The zero-order valence-corrected chi connectivity index (χ0v) is 61.5. The average molecular weight is 1470 g/mol. The van der Waals surface area contributed by atoms with Gasteiger partial charge in [0.1, 0.15) is 0 Å². The second-order valence-electron chi connectivity index (χ2n) is 44.3. The number of phosphoric acid groups is 1. The van der Waals surface area contributed by atoms with Gasteiger partial charge in [0.2, 0.25) is 11.8 Å². The van der Waals surface area contributed by atoms with Crippen molar-refractivity contribution in [3.8, 4) is 0 Å². The molecule has 2 aliphatic heterocycles. The van der Waals surface area contributed by atoms with Crippen molar-refractivity contribution in [2.24, 2.45) is 349 Å². The standard InChI is InChI=1S/C82H105N3O13P2S2/c83-7-3-1-2-5-23(88)85-12-20(98-99(92,93)95-14-17-9-19(87)11-84(17)24(89)6-4-8-101)10-18(85)15-96-100(94,102)97-16-22-26-28-30-32-34-36-38-40-42-44-46-48-50-52-53-51(54(52)56(50)58(48)60(46)62(44)64(42)66(40)68(38)70(36)72(34)74(32)76(30)78(28)80(26)82(22)91)49-47-45-43-41-39-37-35-33-31-29-27-25-21(13-86)81(90)79(25)77(27)75(29)73(31)71(33)69(35)67(37)65(39)63(41)61(43)59(45)57(47)55(49)53/h17-22,25-82,86-87,90-91,101H,1-16,83H2,(H,92,93)(H,94,102)/t17-,18-,19+,20?,21+,22+,25+,26+,27+,28+,29+,30+,31+,32+,33+,34+,35?,36+,37+,38+,39+,40+,41+,42+,43+,44+,45+,46+,47?,48?,49?,50?,51?,52?,53?,54?,55+,56+,57+,58+,59+,60+,61+,62+,63+,64+,65+,66+,67+,68+,69?,70+,71+,72+,73+,74+,75+,76+,77+,78+,79+,80+,81+,82+,100?/m0/s1. The number of likely N-dealkylation sites (tertiary alicyclic amines) is 2. The van der Waals surface area contributed by atoms with Gasteiger partial charge >= 0.3 is 14.5 Å². The number of amides is 2. The summed E-state index contributed by atoms with van der Waals surface area (Å²) in [5.41, 5.74) is 5.74. The van der Waals surface area contributed by atoms with Gasteiger partial charge < -0.3 is 54.8 Å². The second kappa shape index (κ2) is 18.0. The number of hydrogen-bond acceptors (Lipinski definition) is 14. The van der Waals surface area contributed by atoms with E-state index < -0.39 is 44.9 Å². The normalized spacial score (nSPS) is 73.8. The van der Waals surface area contributed by atoms with E-state index in [1.165, 1.54) is 159 Å². The van der Waals surface area contributed by atoms with Crippen molar-refractivity contribution in [2.75, 3.05) is 51.8 Å². The number of rotatable bonds is 20. The second-order valence-corrected chi connectivity index (χ2v) is 49.0. The Kier molecular flexibility index (Phi) is 10.5. The van der Waals surface area contributed by atoms with Gasteiger partial charge in [-0.2, -0.15) is 12.6 Å². The van der Waals surface area contributed by atoms with Crippen molar-refractivity contribution < 1.29 is 62.5 Å². The fourth-order valence-electron chi connectivity index (χ4n) is 45.0. The maximum absolute atomic E-state index is 13.7. The first kappa shape index (κ1) is 59.5. The third-order valence-corrected chi connectivity index (χ3v) is 48.9. The summed E-state index contributed by atoms with van der Waals surface area (Å²) in [6.45, 7) is -3.17. The first-order chi connectivity index (χ1) is 49.7. The van der Waals surface area contributed by atoms with E-state index in [2.05, 4.69) is 12.6 Å². The van der Waals surface area contributed by atoms with E-state index in [0.717, 1.165) is 155 Å². The molecule has 2 amide bonds. The molecular weight excluding hydrogens is 1360 g/mol. The number of nitrogens with two attached hydrogens (primary N) is 1. The maximum Gasteiger partial charge on any atom is 0.472 e. The summed E-state index contributed by atoms with van der Waals surface area (Å²) in [4.78, 5) is 52.3. The van der Waals surface area contributed by atoms with Crippen molar-refractivity contribution in [3.05, 3.63) is 0 Å². The molecule has 20 heteroatoms. The SMILES string of the molecule is NCCCCCC(=O)N1CC(OP(=O)(O)OC[C@@H]2C[C@@H](O)CN2C(=O)CCCS)C[C@H]1COP(O)(=S)OC[C@H]1[C@@H](O)[C@@H]2[C@H]1[C@H]1[C@@H]2[C@@H]2[C@H]1[C@H]1[C@@H]2[C@@H]2[C@H]1[C@@H]1[C@@H]3[C@@H]4[C@@H]5[C@@H]6[C@@H]7C8C9C%10C%11C(C%12C%13[C@H]([C@@H]%11%12)[C@H]%11[C@@H]%13[C@H]%12[C@H]%13[C@H]%14[C@H]%15C%16C([C@H]%15[C@H]%14[C@H]%13[C@@H]%11%12)[C@H]%11[C@@H]%16[C@@H]%12[C@H]%11[C@@H]%11[C@@H]%13[C@@H]%14[C@H](O)[C@H](CO)[C@@H]%14[C@@H]%13[C@H]%12%11)C%10[C@@H]9[C@@H]8[C@@H]7[C@@H]6[C@@H]5[C@@H]4[C@@H]3[C@H]21. The maximum atomic E-state index is 13.7. The summed E-state index contributed by atoms with van der Waals surface area (Å²) in [6, 6.07) is -1.20. The summed E-state index contributed by atoms with van der Waals surface area (Å²) in [5, 5.41) is 43.2. The van der Waals surface area contributed by atoms with Crippen LogP contribution in [0.15, 0.2) is 0 Å². The van der Waals surface area contributed by atoms with Gasteiger partial charge in [-0.1, -0.05) is 6.42 Å². The molecule has 2 saturated heterocycles. The van der Waals surface area contributed by atoms with Crippen LogP contribution in [0.1, 0.15) is 51.4 Å². The molecule has 8 N–H and O–H groups in total. The lowest BCUT2D eigenvalue weighted by Gasteiger charge is -3.02. The molecule has 31 rings (SSSR count). The van der Waals surface area contributed by atoms with Crippen LogP contribution in [0, 0.1) is 343 Å². The van der Waals surface area contributed by atoms with Crippen LogP contribution in [-0.4, -0.2) is 140 Å². The van der Waals surface area contributed by atoms with Crippen LogP contribution in [-0.2, 0) is 44.1 Å². The molecule has 13 unspecified atom stereocenters. The number of thiol groups is 1. The van der Waals surface area contributed by atoms with Crippen molar-refractivity contribution in [3.63, 3.8) is 0 Å². The van der Waals surface area contributed by atoms with E-state index >= 15 is 0 Å². The summed E-state index contributed by atoms with van der Waals surface area (Å²) in [6.07, 6.45) is 1.40. The van der Waals surface area contributed by atoms with Gasteiger partial charge in [0, 0.05) is 44.4 Å². The van der Waals surface area contributed by atoms with Crippen LogP contribution in [0.3, 0.4) is 0 Å². The van der Waals surface area contributed by atoms with Gasteiger partial charge in [-0.3, -0.25) is 18.6 Å². The molecule has 0 spiro atoms. The number of unbranched alkanes of at least 4 members (excludes halogenated alkanes) is 2. The largest absolute Gasteiger partial charge is 0.472 e. The van der Waals surface area contributed by atoms with Crippen LogP contribution in [0.5, 0.6) is 0 Å². The fourth-order valence-corrected chi connectivity index (χ4v) is 47.3. The van der Waals surface area contributed by atoms with Gasteiger partial charge in [-0.25, -0.2) is 4.57 Å². The number of β-amino-alcohol motifs (C(OH)–C–C–N with tert-alkyl or cyclic N) is 1. The van der Waals surface area contributed by atoms with E-state index in [9.17, 15) is 44.4 Å². The first-order valence-electron chi connectivity index (χ1n) is 43.5. The lowest BCUT2D eigenvalue weighted by atomic mass is 9.02. The highest BCUT2D eigenvalue weighted by Gasteiger charge is 3.01. The van der Waals surface area contributed by atoms with Crippen molar-refractivity contribution in [1.29, 1.82) is 0 Å². The Morgan fingerprint density at radius 1 is 0.392 bits per heavy atom. The minimum atomic E-state index is -4.68.